The van der Waals surface area contributed by atoms with Crippen LogP contribution >= 0.6 is 0 Å². The van der Waals surface area contributed by atoms with E-state index in [1.54, 1.807) is 37.4 Å². The Balaban J connectivity index is 1.67. The third-order valence-corrected chi connectivity index (χ3v) is 5.80. The Bertz CT molecular complexity index is 1100. The van der Waals surface area contributed by atoms with Crippen molar-refractivity contribution in [1.82, 2.24) is 4.98 Å². The molecule has 1 aliphatic carbocycles. The van der Waals surface area contributed by atoms with Crippen LogP contribution in [0.25, 0.3) is 10.9 Å². The Labute approximate surface area is 177 Å². The lowest BCUT2D eigenvalue weighted by Gasteiger charge is -2.43. The Hall–Kier alpha value is -3.00. The van der Waals surface area contributed by atoms with Crippen LogP contribution in [0.4, 0.5) is 18.9 Å². The standard InChI is InChI=1S/C23H23F3N2O3/c1-2-20(29)21(30)28-19-13-27-18-9-8-14(12-15(18)19)31-22(10-5-11-22)16-6-3-4-7-17(16)23(24,25)26/h3-4,6-9,12-13,20,27,29H,2,5,10-11H2,1H3,(H,28,30)/t20-/m1/s1. The van der Waals surface area contributed by atoms with Crippen LogP contribution in [0.2, 0.25) is 0 Å². The molecule has 0 radical (unpaired) electrons. The molecule has 0 bridgehead atoms. The minimum absolute atomic E-state index is 0.141. The minimum atomic E-state index is -4.47. The van der Waals surface area contributed by atoms with Crippen LogP contribution in [0.15, 0.2) is 48.7 Å². The van der Waals surface area contributed by atoms with Crippen molar-refractivity contribution in [2.24, 2.45) is 0 Å². The molecule has 1 aromatic heterocycles. The Kier molecular flexibility index (Phi) is 5.43. The molecule has 1 aliphatic rings. The molecule has 0 unspecified atom stereocenters. The fraction of sp³-hybridized carbons (Fsp3) is 0.348. The van der Waals surface area contributed by atoms with Gasteiger partial charge >= 0.3 is 6.18 Å². The number of hydrogen-bond acceptors (Lipinski definition) is 3. The SMILES string of the molecule is CC[C@@H](O)C(=O)Nc1c[nH]c2ccc(OC3(c4ccccc4C(F)(F)F)CCC3)cc12. The number of H-pyrrole nitrogens is 1. The highest BCUT2D eigenvalue weighted by atomic mass is 19.4. The number of rotatable bonds is 6. The third kappa shape index (κ3) is 3.99. The van der Waals surface area contributed by atoms with Crippen LogP contribution in [-0.2, 0) is 16.6 Å². The fourth-order valence-electron chi connectivity index (χ4n) is 3.95. The first-order valence-corrected chi connectivity index (χ1v) is 10.2. The minimum Gasteiger partial charge on any atom is -0.483 e. The van der Waals surface area contributed by atoms with Gasteiger partial charge in [-0.05, 0) is 49.9 Å². The second-order valence-corrected chi connectivity index (χ2v) is 7.82. The van der Waals surface area contributed by atoms with Gasteiger partial charge in [-0.25, -0.2) is 0 Å². The molecule has 0 saturated heterocycles. The highest BCUT2D eigenvalue weighted by Gasteiger charge is 2.47. The number of aromatic amines is 1. The van der Waals surface area contributed by atoms with Crippen molar-refractivity contribution in [2.45, 2.75) is 50.5 Å². The maximum atomic E-state index is 13.6. The van der Waals surface area contributed by atoms with E-state index in [1.165, 1.54) is 12.1 Å². The van der Waals surface area contributed by atoms with Gasteiger partial charge in [0, 0.05) is 22.7 Å². The van der Waals surface area contributed by atoms with Crippen LogP contribution < -0.4 is 10.1 Å². The number of hydrogen-bond donors (Lipinski definition) is 3. The zero-order valence-corrected chi connectivity index (χ0v) is 16.9. The summed E-state index contributed by atoms with van der Waals surface area (Å²) in [6.07, 6.45) is -1.97. The molecule has 3 aromatic rings. The van der Waals surface area contributed by atoms with Gasteiger partial charge in [0.2, 0.25) is 0 Å². The zero-order chi connectivity index (χ0) is 22.2. The van der Waals surface area contributed by atoms with Gasteiger partial charge in [0.1, 0.15) is 17.5 Å². The number of fused-ring (bicyclic) bond motifs is 1. The predicted molar refractivity (Wildman–Crippen MR) is 111 cm³/mol. The Morgan fingerprint density at radius 1 is 1.26 bits per heavy atom. The largest absolute Gasteiger partial charge is 0.483 e. The second-order valence-electron chi connectivity index (χ2n) is 7.82. The van der Waals surface area contributed by atoms with E-state index in [-0.39, 0.29) is 12.0 Å². The number of aromatic nitrogens is 1. The number of aliphatic hydroxyl groups is 1. The fourth-order valence-corrected chi connectivity index (χ4v) is 3.95. The number of alkyl halides is 3. The molecule has 8 heteroatoms. The van der Waals surface area contributed by atoms with Gasteiger partial charge in [-0.2, -0.15) is 13.2 Å². The topological polar surface area (TPSA) is 74.4 Å². The first-order chi connectivity index (χ1) is 14.7. The van der Waals surface area contributed by atoms with E-state index in [0.717, 1.165) is 18.0 Å². The van der Waals surface area contributed by atoms with Gasteiger partial charge in [0.25, 0.3) is 5.91 Å². The zero-order valence-electron chi connectivity index (χ0n) is 16.9. The lowest BCUT2D eigenvalue weighted by molar-refractivity contribution is -0.141. The highest BCUT2D eigenvalue weighted by Crippen LogP contribution is 2.49. The molecule has 1 heterocycles. The van der Waals surface area contributed by atoms with Crippen molar-refractivity contribution in [3.05, 3.63) is 59.8 Å². The van der Waals surface area contributed by atoms with E-state index in [0.29, 0.717) is 29.7 Å². The summed E-state index contributed by atoms with van der Waals surface area (Å²) in [4.78, 5) is 15.1. The molecule has 1 saturated carbocycles. The highest BCUT2D eigenvalue weighted by molar-refractivity contribution is 6.03. The van der Waals surface area contributed by atoms with E-state index in [9.17, 15) is 23.1 Å². The number of ether oxygens (including phenoxy) is 1. The maximum Gasteiger partial charge on any atom is 0.416 e. The summed E-state index contributed by atoms with van der Waals surface area (Å²) in [7, 11) is 0. The van der Waals surface area contributed by atoms with E-state index >= 15 is 0 Å². The summed E-state index contributed by atoms with van der Waals surface area (Å²) in [6.45, 7) is 1.70. The van der Waals surface area contributed by atoms with E-state index in [4.69, 9.17) is 4.74 Å². The normalized spacial score (nSPS) is 16.5. The Morgan fingerprint density at radius 3 is 2.65 bits per heavy atom. The van der Waals surface area contributed by atoms with Crippen LogP contribution in [0.1, 0.15) is 43.7 Å². The molecule has 1 atom stereocenters. The van der Waals surface area contributed by atoms with E-state index < -0.39 is 29.4 Å². The number of nitrogens with one attached hydrogen (secondary N) is 2. The van der Waals surface area contributed by atoms with Crippen molar-refractivity contribution >= 4 is 22.5 Å². The number of carbonyl (C=O) groups excluding carboxylic acids is 1. The van der Waals surface area contributed by atoms with Crippen LogP contribution in [-0.4, -0.2) is 22.1 Å². The van der Waals surface area contributed by atoms with Gasteiger partial charge in [-0.3, -0.25) is 4.79 Å². The summed E-state index contributed by atoms with van der Waals surface area (Å²) in [6, 6.07) is 10.7. The van der Waals surface area contributed by atoms with Crippen molar-refractivity contribution in [1.29, 1.82) is 0 Å². The van der Waals surface area contributed by atoms with Crippen molar-refractivity contribution in [3.63, 3.8) is 0 Å². The van der Waals surface area contributed by atoms with E-state index in [2.05, 4.69) is 10.3 Å². The molecule has 1 fully saturated rings. The molecule has 0 spiro atoms. The number of amides is 1. The average molecular weight is 432 g/mol. The molecule has 3 N–H and O–H groups in total. The summed E-state index contributed by atoms with van der Waals surface area (Å²) in [5, 5.41) is 13.0. The summed E-state index contributed by atoms with van der Waals surface area (Å²) < 4.78 is 47.0. The number of halogens is 3. The Morgan fingerprint density at radius 2 is 2.00 bits per heavy atom. The van der Waals surface area contributed by atoms with Crippen molar-refractivity contribution in [2.75, 3.05) is 5.32 Å². The number of aliphatic hydroxyl groups excluding tert-OH is 1. The second kappa shape index (κ2) is 7.92. The molecule has 1 amide bonds. The van der Waals surface area contributed by atoms with Gasteiger partial charge in [-0.15, -0.1) is 0 Å². The quantitative estimate of drug-likeness (QED) is 0.491. The van der Waals surface area contributed by atoms with Crippen molar-refractivity contribution < 1.29 is 27.8 Å². The average Bonchev–Trinajstić information content (AvgIpc) is 3.11. The van der Waals surface area contributed by atoms with Crippen LogP contribution in [0, 0.1) is 0 Å². The molecular formula is C23H23F3N2O3. The first-order valence-electron chi connectivity index (χ1n) is 10.2. The van der Waals surface area contributed by atoms with E-state index in [1.807, 2.05) is 0 Å². The third-order valence-electron chi connectivity index (χ3n) is 5.80. The lowest BCUT2D eigenvalue weighted by Crippen LogP contribution is -2.41. The molecule has 4 rings (SSSR count). The van der Waals surface area contributed by atoms with Crippen molar-refractivity contribution in [3.8, 4) is 5.75 Å². The maximum absolute atomic E-state index is 13.6. The first kappa shape index (κ1) is 21.2. The van der Waals surface area contributed by atoms with Gasteiger partial charge in [-0.1, -0.05) is 25.1 Å². The molecule has 164 valence electrons. The lowest BCUT2D eigenvalue weighted by atomic mass is 9.73. The van der Waals surface area contributed by atoms with Crippen LogP contribution in [0.5, 0.6) is 5.75 Å². The molecule has 5 nitrogen and oxygen atoms in total. The van der Waals surface area contributed by atoms with Gasteiger partial charge in [0.05, 0.1) is 11.3 Å². The summed E-state index contributed by atoms with van der Waals surface area (Å²) >= 11 is 0. The van der Waals surface area contributed by atoms with Crippen LogP contribution in [0.3, 0.4) is 0 Å². The molecule has 0 aliphatic heterocycles. The molecule has 2 aromatic carbocycles. The smallest absolute Gasteiger partial charge is 0.416 e. The molecular weight excluding hydrogens is 409 g/mol. The number of anilines is 1. The summed E-state index contributed by atoms with van der Waals surface area (Å²) in [5.41, 5.74) is -0.387. The predicted octanol–water partition coefficient (Wildman–Crippen LogP) is 5.35. The van der Waals surface area contributed by atoms with Gasteiger partial charge in [0.15, 0.2) is 0 Å². The number of carbonyl (C=O) groups is 1. The molecule has 31 heavy (non-hydrogen) atoms. The number of benzene rings is 2. The van der Waals surface area contributed by atoms with Gasteiger partial charge < -0.3 is 20.1 Å². The summed E-state index contributed by atoms with van der Waals surface area (Å²) in [5.74, 6) is -0.111. The monoisotopic (exact) mass is 432 g/mol.